The van der Waals surface area contributed by atoms with E-state index in [4.69, 9.17) is 4.52 Å². The van der Waals surface area contributed by atoms with Crippen LogP contribution in [0.2, 0.25) is 0 Å². The predicted octanol–water partition coefficient (Wildman–Crippen LogP) is 2.62. The van der Waals surface area contributed by atoms with E-state index in [2.05, 4.69) is 10.5 Å². The number of nitrogens with one attached hydrogen (secondary N) is 1. The maximum Gasteiger partial charge on any atom is 0.273 e. The number of hydrogen-bond acceptors (Lipinski definition) is 4. The first-order chi connectivity index (χ1) is 10.5. The molecular formula is C16H19FN2O3. The van der Waals surface area contributed by atoms with Gasteiger partial charge in [0.25, 0.3) is 5.91 Å². The summed E-state index contributed by atoms with van der Waals surface area (Å²) >= 11 is 0. The summed E-state index contributed by atoms with van der Waals surface area (Å²) in [7, 11) is 0. The van der Waals surface area contributed by atoms with Gasteiger partial charge in [0.05, 0.1) is 6.10 Å². The second-order valence-corrected chi connectivity index (χ2v) is 5.58. The zero-order valence-corrected chi connectivity index (χ0v) is 12.5. The number of benzene rings is 1. The van der Waals surface area contributed by atoms with Gasteiger partial charge in [0.2, 0.25) is 0 Å². The van der Waals surface area contributed by atoms with Crippen LogP contribution in [0.5, 0.6) is 0 Å². The van der Waals surface area contributed by atoms with Crippen molar-refractivity contribution in [2.75, 3.05) is 6.54 Å². The van der Waals surface area contributed by atoms with Crippen LogP contribution in [0.4, 0.5) is 4.39 Å². The molecule has 0 aliphatic rings. The SMILES string of the molecule is CC(C)CC(O)CNC(=O)c1cc(-c2ccc(F)cc2)on1. The first-order valence-electron chi connectivity index (χ1n) is 7.14. The van der Waals surface area contributed by atoms with Gasteiger partial charge in [0.1, 0.15) is 5.82 Å². The van der Waals surface area contributed by atoms with Crippen LogP contribution in [0.3, 0.4) is 0 Å². The number of aliphatic hydroxyl groups is 1. The van der Waals surface area contributed by atoms with Crippen molar-refractivity contribution in [1.29, 1.82) is 0 Å². The van der Waals surface area contributed by atoms with E-state index in [-0.39, 0.29) is 18.1 Å². The number of nitrogens with zero attached hydrogens (tertiary/aromatic N) is 1. The molecule has 0 aliphatic heterocycles. The number of carbonyl (C=O) groups is 1. The summed E-state index contributed by atoms with van der Waals surface area (Å²) in [5.74, 6) is -0.0304. The van der Waals surface area contributed by atoms with Gasteiger partial charge in [0.15, 0.2) is 11.5 Å². The van der Waals surface area contributed by atoms with Crippen molar-refractivity contribution >= 4 is 5.91 Å². The minimum absolute atomic E-state index is 0.121. The van der Waals surface area contributed by atoms with E-state index in [1.165, 1.54) is 18.2 Å². The molecule has 2 rings (SSSR count). The molecule has 0 saturated carbocycles. The van der Waals surface area contributed by atoms with Crippen LogP contribution < -0.4 is 5.32 Å². The Morgan fingerprint density at radius 2 is 2.05 bits per heavy atom. The molecule has 1 unspecified atom stereocenters. The first-order valence-corrected chi connectivity index (χ1v) is 7.14. The second-order valence-electron chi connectivity index (χ2n) is 5.58. The Balaban J connectivity index is 1.96. The van der Waals surface area contributed by atoms with Gasteiger partial charge in [-0.25, -0.2) is 4.39 Å². The zero-order valence-electron chi connectivity index (χ0n) is 12.5. The van der Waals surface area contributed by atoms with Crippen molar-refractivity contribution in [3.63, 3.8) is 0 Å². The van der Waals surface area contributed by atoms with E-state index in [1.807, 2.05) is 13.8 Å². The molecule has 0 fully saturated rings. The van der Waals surface area contributed by atoms with Gasteiger partial charge in [0, 0.05) is 18.2 Å². The largest absolute Gasteiger partial charge is 0.391 e. The van der Waals surface area contributed by atoms with Gasteiger partial charge >= 0.3 is 0 Å². The third kappa shape index (κ3) is 4.39. The van der Waals surface area contributed by atoms with Crippen LogP contribution in [0, 0.1) is 11.7 Å². The van der Waals surface area contributed by atoms with E-state index in [1.54, 1.807) is 12.1 Å². The molecule has 1 amide bonds. The molecule has 1 aromatic heterocycles. The Labute approximate surface area is 128 Å². The second kappa shape index (κ2) is 7.17. The van der Waals surface area contributed by atoms with Gasteiger partial charge in [-0.3, -0.25) is 4.79 Å². The van der Waals surface area contributed by atoms with E-state index in [0.717, 1.165) is 0 Å². The molecule has 0 aliphatic carbocycles. The van der Waals surface area contributed by atoms with Crippen molar-refractivity contribution in [2.24, 2.45) is 5.92 Å². The minimum Gasteiger partial charge on any atom is -0.391 e. The molecule has 1 heterocycles. The maximum absolute atomic E-state index is 12.9. The van der Waals surface area contributed by atoms with Crippen molar-refractivity contribution in [2.45, 2.75) is 26.4 Å². The van der Waals surface area contributed by atoms with E-state index in [0.29, 0.717) is 23.7 Å². The molecule has 0 saturated heterocycles. The fourth-order valence-corrected chi connectivity index (χ4v) is 2.06. The summed E-state index contributed by atoms with van der Waals surface area (Å²) in [6.07, 6.45) is 0.0207. The Kier molecular flexibility index (Phi) is 5.27. The maximum atomic E-state index is 12.9. The van der Waals surface area contributed by atoms with E-state index >= 15 is 0 Å². The molecule has 2 N–H and O–H groups in total. The van der Waals surface area contributed by atoms with E-state index in [9.17, 15) is 14.3 Å². The Morgan fingerprint density at radius 1 is 1.36 bits per heavy atom. The quantitative estimate of drug-likeness (QED) is 0.860. The summed E-state index contributed by atoms with van der Waals surface area (Å²) < 4.78 is 18.0. The lowest BCUT2D eigenvalue weighted by Gasteiger charge is -2.12. The van der Waals surface area contributed by atoms with Gasteiger partial charge in [-0.05, 0) is 36.6 Å². The van der Waals surface area contributed by atoms with Crippen LogP contribution in [-0.2, 0) is 0 Å². The minimum atomic E-state index is -0.590. The third-order valence-corrected chi connectivity index (χ3v) is 3.11. The lowest BCUT2D eigenvalue weighted by Crippen LogP contribution is -2.32. The molecule has 1 atom stereocenters. The topological polar surface area (TPSA) is 75.4 Å². The fraction of sp³-hybridized carbons (Fsp3) is 0.375. The molecule has 0 radical (unpaired) electrons. The van der Waals surface area contributed by atoms with Crippen molar-refractivity contribution < 1.29 is 18.8 Å². The van der Waals surface area contributed by atoms with Crippen LogP contribution in [0.1, 0.15) is 30.8 Å². The number of rotatable bonds is 6. The van der Waals surface area contributed by atoms with E-state index < -0.39 is 12.0 Å². The summed E-state index contributed by atoms with van der Waals surface area (Å²) in [6.45, 7) is 4.16. The Morgan fingerprint density at radius 3 is 2.68 bits per heavy atom. The average Bonchev–Trinajstić information content (AvgIpc) is 2.94. The monoisotopic (exact) mass is 306 g/mol. The zero-order chi connectivity index (χ0) is 16.1. The lowest BCUT2D eigenvalue weighted by atomic mass is 10.1. The predicted molar refractivity (Wildman–Crippen MR) is 79.7 cm³/mol. The number of hydrogen-bond donors (Lipinski definition) is 2. The number of carbonyl (C=O) groups excluding carboxylic acids is 1. The van der Waals surface area contributed by atoms with Gasteiger partial charge in [-0.15, -0.1) is 0 Å². The van der Waals surface area contributed by atoms with Gasteiger partial charge in [-0.1, -0.05) is 19.0 Å². The highest BCUT2D eigenvalue weighted by Crippen LogP contribution is 2.20. The molecule has 22 heavy (non-hydrogen) atoms. The molecular weight excluding hydrogens is 287 g/mol. The van der Waals surface area contributed by atoms with Crippen molar-refractivity contribution in [3.05, 3.63) is 41.8 Å². The number of aromatic nitrogens is 1. The van der Waals surface area contributed by atoms with Crippen LogP contribution in [0.15, 0.2) is 34.9 Å². The average molecular weight is 306 g/mol. The Hall–Kier alpha value is -2.21. The van der Waals surface area contributed by atoms with Gasteiger partial charge in [-0.2, -0.15) is 0 Å². The van der Waals surface area contributed by atoms with Gasteiger partial charge < -0.3 is 14.9 Å². The molecule has 118 valence electrons. The molecule has 0 bridgehead atoms. The van der Waals surface area contributed by atoms with Crippen LogP contribution >= 0.6 is 0 Å². The highest BCUT2D eigenvalue weighted by molar-refractivity contribution is 5.93. The number of aliphatic hydroxyl groups excluding tert-OH is 1. The standard InChI is InChI=1S/C16H19FN2O3/c1-10(2)7-13(20)9-18-16(21)14-8-15(22-19-14)11-3-5-12(17)6-4-11/h3-6,8,10,13,20H,7,9H2,1-2H3,(H,18,21). The highest BCUT2D eigenvalue weighted by Gasteiger charge is 2.15. The summed E-state index contributed by atoms with van der Waals surface area (Å²) in [5, 5.41) is 16.0. The summed E-state index contributed by atoms with van der Waals surface area (Å²) in [5.41, 5.74) is 0.754. The van der Waals surface area contributed by atoms with Crippen LogP contribution in [-0.4, -0.2) is 28.8 Å². The molecule has 0 spiro atoms. The molecule has 5 nitrogen and oxygen atoms in total. The van der Waals surface area contributed by atoms with Crippen molar-refractivity contribution in [3.8, 4) is 11.3 Å². The molecule has 6 heteroatoms. The molecule has 2 aromatic rings. The van der Waals surface area contributed by atoms with Crippen molar-refractivity contribution in [1.82, 2.24) is 10.5 Å². The Bertz CT molecular complexity index is 623. The summed E-state index contributed by atoms with van der Waals surface area (Å²) in [4.78, 5) is 11.9. The third-order valence-electron chi connectivity index (χ3n) is 3.11. The van der Waals surface area contributed by atoms with Crippen LogP contribution in [0.25, 0.3) is 11.3 Å². The first kappa shape index (κ1) is 16.2. The highest BCUT2D eigenvalue weighted by atomic mass is 19.1. The number of amides is 1. The fourth-order valence-electron chi connectivity index (χ4n) is 2.06. The summed E-state index contributed by atoms with van der Waals surface area (Å²) in [6, 6.07) is 7.19. The smallest absolute Gasteiger partial charge is 0.273 e. The molecule has 1 aromatic carbocycles. The normalized spacial score (nSPS) is 12.4. The number of halogens is 1. The lowest BCUT2D eigenvalue weighted by molar-refractivity contribution is 0.0891.